The van der Waals surface area contributed by atoms with Crippen molar-refractivity contribution in [1.82, 2.24) is 9.88 Å². The van der Waals surface area contributed by atoms with Gasteiger partial charge in [-0.3, -0.25) is 4.90 Å². The Labute approximate surface area is 177 Å². The predicted molar refractivity (Wildman–Crippen MR) is 121 cm³/mol. The molecule has 0 amide bonds. The highest BCUT2D eigenvalue weighted by molar-refractivity contribution is 5.89. The Morgan fingerprint density at radius 3 is 2.50 bits per heavy atom. The molecule has 0 spiro atoms. The number of rotatable bonds is 5. The fraction of sp³-hybridized carbons (Fsp3) is 0.192. The first-order chi connectivity index (χ1) is 14.8. The second-order valence-electron chi connectivity index (χ2n) is 7.78. The minimum atomic E-state index is 0.820. The third-order valence-corrected chi connectivity index (χ3v) is 5.72. The maximum Gasteiger partial charge on any atom is 0.140 e. The van der Waals surface area contributed by atoms with Crippen molar-refractivity contribution in [2.45, 2.75) is 13.1 Å². The van der Waals surface area contributed by atoms with E-state index in [1.165, 1.54) is 27.8 Å². The van der Waals surface area contributed by atoms with Gasteiger partial charge in [-0.25, -0.2) is 4.98 Å². The molecular formula is C26H25N3O. The average Bonchev–Trinajstić information content (AvgIpc) is 2.80. The molecule has 1 aromatic heterocycles. The minimum absolute atomic E-state index is 0.820. The fourth-order valence-corrected chi connectivity index (χ4v) is 4.23. The summed E-state index contributed by atoms with van der Waals surface area (Å²) < 4.78 is 5.28. The lowest BCUT2D eigenvalue weighted by molar-refractivity contribution is 0.316. The minimum Gasteiger partial charge on any atom is -0.497 e. The van der Waals surface area contributed by atoms with Gasteiger partial charge in [-0.15, -0.1) is 0 Å². The van der Waals surface area contributed by atoms with Gasteiger partial charge in [0.2, 0.25) is 0 Å². The molecule has 0 N–H and O–H groups in total. The molecule has 2 aromatic carbocycles. The summed E-state index contributed by atoms with van der Waals surface area (Å²) in [7, 11) is 1.70. The SMILES string of the molecule is COc1ccc(CN2CC=C3C(=CN(Cc4ccccc4)c4ncccc43)C2)cc1. The van der Waals surface area contributed by atoms with E-state index in [9.17, 15) is 0 Å². The third kappa shape index (κ3) is 3.74. The molecule has 5 rings (SSSR count). The Hall–Kier alpha value is -3.37. The van der Waals surface area contributed by atoms with Crippen molar-refractivity contribution in [3.05, 3.63) is 107 Å². The third-order valence-electron chi connectivity index (χ3n) is 5.72. The molecule has 4 nitrogen and oxygen atoms in total. The summed E-state index contributed by atoms with van der Waals surface area (Å²) in [5.74, 6) is 1.94. The van der Waals surface area contributed by atoms with Gasteiger partial charge >= 0.3 is 0 Å². The van der Waals surface area contributed by atoms with E-state index in [-0.39, 0.29) is 0 Å². The highest BCUT2D eigenvalue weighted by Gasteiger charge is 2.27. The maximum absolute atomic E-state index is 5.28. The number of hydrogen-bond acceptors (Lipinski definition) is 4. The molecule has 150 valence electrons. The average molecular weight is 396 g/mol. The number of nitrogens with zero attached hydrogens (tertiary/aromatic N) is 3. The van der Waals surface area contributed by atoms with Crippen LogP contribution in [0.15, 0.2) is 90.8 Å². The first-order valence-corrected chi connectivity index (χ1v) is 10.3. The van der Waals surface area contributed by atoms with E-state index in [4.69, 9.17) is 9.72 Å². The van der Waals surface area contributed by atoms with E-state index < -0.39 is 0 Å². The van der Waals surface area contributed by atoms with Gasteiger partial charge in [0.15, 0.2) is 0 Å². The zero-order chi connectivity index (χ0) is 20.3. The zero-order valence-electron chi connectivity index (χ0n) is 17.2. The molecule has 0 saturated heterocycles. The largest absolute Gasteiger partial charge is 0.497 e. The molecule has 2 aliphatic heterocycles. The Morgan fingerprint density at radius 2 is 1.70 bits per heavy atom. The van der Waals surface area contributed by atoms with E-state index in [0.717, 1.165) is 37.7 Å². The molecule has 3 heterocycles. The molecule has 30 heavy (non-hydrogen) atoms. The number of aromatic nitrogens is 1. The number of ether oxygens (including phenoxy) is 1. The van der Waals surface area contributed by atoms with E-state index >= 15 is 0 Å². The first-order valence-electron chi connectivity index (χ1n) is 10.3. The molecule has 0 bridgehead atoms. The number of pyridine rings is 1. The van der Waals surface area contributed by atoms with Crippen molar-refractivity contribution >= 4 is 11.4 Å². The predicted octanol–water partition coefficient (Wildman–Crippen LogP) is 4.89. The van der Waals surface area contributed by atoms with Gasteiger partial charge in [0, 0.05) is 44.1 Å². The second-order valence-corrected chi connectivity index (χ2v) is 7.78. The van der Waals surface area contributed by atoms with E-state index in [1.807, 2.05) is 24.4 Å². The van der Waals surface area contributed by atoms with Crippen LogP contribution in [0.2, 0.25) is 0 Å². The number of anilines is 1. The lowest BCUT2D eigenvalue weighted by atomic mass is 9.92. The summed E-state index contributed by atoms with van der Waals surface area (Å²) in [4.78, 5) is 9.46. The summed E-state index contributed by atoms with van der Waals surface area (Å²) in [6.45, 7) is 3.60. The van der Waals surface area contributed by atoms with Gasteiger partial charge in [-0.05, 0) is 46.5 Å². The lowest BCUT2D eigenvalue weighted by Crippen LogP contribution is -2.33. The molecule has 0 fully saturated rings. The van der Waals surface area contributed by atoms with E-state index in [1.54, 1.807) is 7.11 Å². The normalized spacial score (nSPS) is 15.7. The van der Waals surface area contributed by atoms with Crippen LogP contribution in [-0.2, 0) is 13.1 Å². The maximum atomic E-state index is 5.28. The molecule has 4 heteroatoms. The molecule has 0 saturated carbocycles. The van der Waals surface area contributed by atoms with Crippen molar-refractivity contribution in [1.29, 1.82) is 0 Å². The monoisotopic (exact) mass is 395 g/mol. The second kappa shape index (κ2) is 8.17. The zero-order valence-corrected chi connectivity index (χ0v) is 17.2. The van der Waals surface area contributed by atoms with Gasteiger partial charge in [0.25, 0.3) is 0 Å². The molecule has 0 atom stereocenters. The highest BCUT2D eigenvalue weighted by atomic mass is 16.5. The summed E-state index contributed by atoms with van der Waals surface area (Å²) in [5.41, 5.74) is 6.49. The molecule has 0 radical (unpaired) electrons. The van der Waals surface area contributed by atoms with Gasteiger partial charge in [-0.1, -0.05) is 48.5 Å². The van der Waals surface area contributed by atoms with Crippen LogP contribution < -0.4 is 9.64 Å². The van der Waals surface area contributed by atoms with Crippen LogP contribution in [0.1, 0.15) is 16.7 Å². The number of fused-ring (bicyclic) bond motifs is 3. The number of benzene rings is 2. The fourth-order valence-electron chi connectivity index (χ4n) is 4.23. The topological polar surface area (TPSA) is 28.6 Å². The molecular weight excluding hydrogens is 370 g/mol. The van der Waals surface area contributed by atoms with Crippen LogP contribution in [0.4, 0.5) is 5.82 Å². The van der Waals surface area contributed by atoms with Gasteiger partial charge in [0.05, 0.1) is 7.11 Å². The summed E-state index contributed by atoms with van der Waals surface area (Å²) in [6.07, 6.45) is 6.52. The first kappa shape index (κ1) is 18.6. The molecule has 3 aromatic rings. The van der Waals surface area contributed by atoms with Crippen molar-refractivity contribution in [2.75, 3.05) is 25.1 Å². The van der Waals surface area contributed by atoms with Crippen LogP contribution in [0.25, 0.3) is 5.57 Å². The van der Waals surface area contributed by atoms with Crippen molar-refractivity contribution in [3.63, 3.8) is 0 Å². The number of methoxy groups -OCH3 is 1. The quantitative estimate of drug-likeness (QED) is 0.615. The smallest absolute Gasteiger partial charge is 0.140 e. The van der Waals surface area contributed by atoms with Crippen LogP contribution in [-0.4, -0.2) is 30.1 Å². The van der Waals surface area contributed by atoms with Crippen LogP contribution >= 0.6 is 0 Å². The van der Waals surface area contributed by atoms with Gasteiger partial charge < -0.3 is 9.64 Å². The number of hydrogen-bond donors (Lipinski definition) is 0. The lowest BCUT2D eigenvalue weighted by Gasteiger charge is -2.35. The van der Waals surface area contributed by atoms with Crippen molar-refractivity contribution < 1.29 is 4.74 Å². The molecule has 0 unspecified atom stereocenters. The van der Waals surface area contributed by atoms with Gasteiger partial charge in [0.1, 0.15) is 11.6 Å². The summed E-state index contributed by atoms with van der Waals surface area (Å²) >= 11 is 0. The Bertz CT molecular complexity index is 1090. The standard InChI is InChI=1S/C26H25N3O/c1-30-23-11-9-21(10-12-23)16-28-15-13-24-22(18-28)19-29(17-20-6-3-2-4-7-20)26-25(24)8-5-14-27-26/h2-14,19H,15-18H2,1H3. The molecule has 2 aliphatic rings. The summed E-state index contributed by atoms with van der Waals surface area (Å²) in [5, 5.41) is 0. The van der Waals surface area contributed by atoms with E-state index in [2.05, 4.69) is 70.6 Å². The Morgan fingerprint density at radius 1 is 0.900 bits per heavy atom. The van der Waals surface area contributed by atoms with Crippen LogP contribution in [0.5, 0.6) is 5.75 Å². The summed E-state index contributed by atoms with van der Waals surface area (Å²) in [6, 6.07) is 23.2. The van der Waals surface area contributed by atoms with Crippen molar-refractivity contribution in [3.8, 4) is 5.75 Å². The Balaban J connectivity index is 1.41. The Kier molecular flexibility index (Phi) is 5.08. The highest BCUT2D eigenvalue weighted by Crippen LogP contribution is 2.38. The van der Waals surface area contributed by atoms with Gasteiger partial charge in [-0.2, -0.15) is 0 Å². The van der Waals surface area contributed by atoms with Crippen LogP contribution in [0.3, 0.4) is 0 Å². The molecule has 0 aliphatic carbocycles. The van der Waals surface area contributed by atoms with Crippen molar-refractivity contribution in [2.24, 2.45) is 0 Å². The van der Waals surface area contributed by atoms with Crippen LogP contribution in [0, 0.1) is 0 Å². The van der Waals surface area contributed by atoms with E-state index in [0.29, 0.717) is 0 Å².